The maximum absolute atomic E-state index is 11.3. The number of hydrogen-bond acceptors (Lipinski definition) is 10. The number of para-hydroxylation sites is 2. The fourth-order valence-electron chi connectivity index (χ4n) is 5.36. The molecule has 0 spiro atoms. The molecule has 4 aromatic carbocycles. The Balaban J connectivity index is -0.0000000425. The van der Waals surface area contributed by atoms with Crippen LogP contribution in [0.25, 0.3) is 6.08 Å². The number of benzene rings is 4. The van der Waals surface area contributed by atoms with Gasteiger partial charge in [0.2, 0.25) is 0 Å². The van der Waals surface area contributed by atoms with Gasteiger partial charge in [0.1, 0.15) is 11.5 Å². The van der Waals surface area contributed by atoms with Crippen molar-refractivity contribution in [1.29, 1.82) is 0 Å². The molecule has 2 atom stereocenters. The number of aliphatic hydroxyl groups is 2. The number of aliphatic hydroxyl groups excluding tert-OH is 2. The third kappa shape index (κ3) is 95.8. The Bertz CT molecular complexity index is 2200. The van der Waals surface area contributed by atoms with E-state index in [1.807, 2.05) is 187 Å². The number of aromatic hydroxyl groups is 2. The molecule has 0 aliphatic rings. The van der Waals surface area contributed by atoms with E-state index in [9.17, 15) is 24.3 Å². The van der Waals surface area contributed by atoms with Crippen LogP contribution in [0.15, 0.2) is 148 Å². The molecular weight excluding hydrogens is 1460 g/mol. The van der Waals surface area contributed by atoms with E-state index in [1.54, 1.807) is 16.8 Å². The van der Waals surface area contributed by atoms with Crippen LogP contribution >= 0.6 is 0 Å². The van der Waals surface area contributed by atoms with Gasteiger partial charge in [-0.25, -0.2) is 0 Å². The molecule has 4 radical (unpaired) electrons. The van der Waals surface area contributed by atoms with Gasteiger partial charge in [-0.15, -0.1) is 5.10 Å². The van der Waals surface area contributed by atoms with Crippen molar-refractivity contribution in [1.82, 2.24) is 15.0 Å². The van der Waals surface area contributed by atoms with Crippen LogP contribution in [-0.2, 0) is 157 Å². The van der Waals surface area contributed by atoms with Crippen molar-refractivity contribution < 1.29 is 170 Å². The quantitative estimate of drug-likeness (QED) is 0.0433. The van der Waals surface area contributed by atoms with Crippen LogP contribution in [0.4, 0.5) is 0 Å². The fraction of sp³-hybridized carbons (Fsp3) is 0.487. The number of allylic oxidation sites excluding steroid dienone is 4. The number of aryl methyl sites for hydroxylation is 4. The van der Waals surface area contributed by atoms with Gasteiger partial charge in [-0.3, -0.25) is 31.0 Å². The number of rotatable bonds is 20. The van der Waals surface area contributed by atoms with E-state index in [4.69, 9.17) is 15.3 Å². The summed E-state index contributed by atoms with van der Waals surface area (Å²) >= 11 is 0. The van der Waals surface area contributed by atoms with Crippen molar-refractivity contribution in [2.24, 2.45) is 5.41 Å². The van der Waals surface area contributed by atoms with Crippen molar-refractivity contribution in [3.63, 3.8) is 0 Å². The zero-order valence-electron chi connectivity index (χ0n) is 55.9. The molecule has 0 aliphatic carbocycles. The normalized spacial score (nSPS) is 8.67. The molecule has 0 bridgehead atoms. The largest absolute Gasteiger partial charge is 0.508 e. The van der Waals surface area contributed by atoms with Crippen LogP contribution in [0, 0.1) is 57.4 Å². The van der Waals surface area contributed by atoms with Crippen LogP contribution in [0.5, 0.6) is 11.5 Å². The number of nitrogens with zero attached hydrogens (tertiary/aromatic N) is 3. The minimum absolute atomic E-state index is 0. The Morgan fingerprint density at radius 1 is 0.538 bits per heavy atom. The second kappa shape index (κ2) is 105. The van der Waals surface area contributed by atoms with Crippen LogP contribution in [-0.4, -0.2) is 71.3 Å². The number of Topliss-reactive ketones (excluding diaryl/α,β-unsaturated/α-hetero) is 4. The number of carbonyl (C=O) groups excluding carboxylic acids is 4. The summed E-state index contributed by atoms with van der Waals surface area (Å²) in [7, 11) is 0. The zero-order chi connectivity index (χ0) is 64.6. The molecule has 0 aliphatic heterocycles. The first-order valence-electron chi connectivity index (χ1n) is 28.8. The molecule has 5 aromatic rings. The van der Waals surface area contributed by atoms with Gasteiger partial charge in [0.15, 0.2) is 0 Å². The van der Waals surface area contributed by atoms with Crippen LogP contribution in [0.1, 0.15) is 234 Å². The molecule has 4 N–H and O–H groups in total. The smallest absolute Gasteiger partial charge is 0.118 e. The minimum Gasteiger partial charge on any atom is -0.508 e. The van der Waals surface area contributed by atoms with Crippen LogP contribution in [0.2, 0.25) is 0 Å². The molecule has 0 saturated heterocycles. The Morgan fingerprint density at radius 2 is 0.860 bits per heavy atom. The van der Waals surface area contributed by atoms with Gasteiger partial charge in [0, 0.05) is 142 Å². The van der Waals surface area contributed by atoms with Gasteiger partial charge in [-0.05, 0) is 131 Å². The van der Waals surface area contributed by atoms with Crippen molar-refractivity contribution >= 4 is 29.2 Å². The van der Waals surface area contributed by atoms with Gasteiger partial charge in [0.05, 0.1) is 24.9 Å². The third-order valence-corrected chi connectivity index (χ3v) is 10.2. The third-order valence-electron chi connectivity index (χ3n) is 10.2. The molecule has 0 amide bonds. The van der Waals surface area contributed by atoms with E-state index in [2.05, 4.69) is 100 Å². The molecular formula is C78H137N3O8Y4-4. The minimum atomic E-state index is -0.350. The van der Waals surface area contributed by atoms with Crippen molar-refractivity contribution in [3.8, 4) is 11.5 Å². The summed E-state index contributed by atoms with van der Waals surface area (Å²) in [5, 5.41) is 44.4. The van der Waals surface area contributed by atoms with Crippen LogP contribution < -0.4 is 0 Å². The summed E-state index contributed by atoms with van der Waals surface area (Å²) in [4.78, 5) is 42.3. The average molecular weight is 1600 g/mol. The number of aromatic nitrogens is 3. The Kier molecular flexibility index (Phi) is 156. The van der Waals surface area contributed by atoms with Gasteiger partial charge >= 0.3 is 0 Å². The predicted octanol–water partition coefficient (Wildman–Crippen LogP) is 21.8. The summed E-state index contributed by atoms with van der Waals surface area (Å²) in [5.41, 5.74) is 4.84. The number of hydrogen-bond donors (Lipinski definition) is 4. The van der Waals surface area contributed by atoms with Crippen molar-refractivity contribution in [2.45, 2.75) is 246 Å². The second-order valence-corrected chi connectivity index (χ2v) is 17.1. The van der Waals surface area contributed by atoms with Crippen molar-refractivity contribution in [2.75, 3.05) is 6.61 Å². The van der Waals surface area contributed by atoms with Crippen LogP contribution in [0.3, 0.4) is 0 Å². The van der Waals surface area contributed by atoms with Gasteiger partial charge < -0.3 is 63.9 Å². The standard InChI is InChI=1S/C13H20N3O2.C8H13O2.C8H8.2C7H8O.C7H8.2C6H9O.C3H8.3C2H6.7CH4.4Y/c1-4-12(18)6-7-13(5-2,10-17)9-16-8-11(3)14-15-16;1-3-7(9)5-6-8(10)4-2;1-2-8-6-4-3-5-7-8;2*1-6-4-2-3-5-7(6)8;1-7-5-3-2-4-6-7;2*1-3-5-6(7)4-2;1-3-2;3*1-2;;;;;;;;;;;/h8,17H,1,5-7,9-10H2,2-3H3;8,10H,1,4-6H2,2H3;2-7H,1H2;2*2-5,8H,1H3;2-6H,1H3;2*2-3,5H2,1H3;3H2,1-2H3;3*1-2H3;7*1H4;;;;/q2*-1;;;;;2*-1;;;;;;;;;;;;;;;. The molecule has 0 fully saturated rings. The first-order valence-corrected chi connectivity index (χ1v) is 28.8. The number of ketones is 4. The van der Waals surface area contributed by atoms with E-state index in [0.29, 0.717) is 63.0 Å². The molecule has 528 valence electrons. The Morgan fingerprint density at radius 3 is 1.08 bits per heavy atom. The average Bonchev–Trinajstić information content (AvgIpc) is 2.64. The van der Waals surface area contributed by atoms with E-state index in [-0.39, 0.29) is 224 Å². The van der Waals surface area contributed by atoms with Gasteiger partial charge in [-0.2, -0.15) is 0 Å². The topological polar surface area (TPSA) is 180 Å². The molecule has 5 rings (SSSR count). The molecule has 1 heterocycles. The molecule has 2 unspecified atom stereocenters. The monoisotopic (exact) mass is 1600 g/mol. The number of phenolic OH excluding ortho intramolecular Hbond substituents is 2. The first-order chi connectivity index (χ1) is 39.2. The number of phenols is 2. The van der Waals surface area contributed by atoms with Gasteiger partial charge in [-0.1, -0.05) is 275 Å². The SMILES string of the molecule is C.C.C.C.C.C.C.C=Cc1ccccc1.C=[C-]C(=O)CCC.C=[C-]C(=O)CCC.C=[C-]C(=O)CCC(CC)(CO)Cn1cc(C)nn1.C=[C-]C(=O)CCC(O)CC.CC.CC.CC.CCC.Cc1ccccc1.Cc1ccccc1O.Cc1ccccc1O.[Y].[Y].[Y].[Y]. The number of carbonyl (C=O) groups is 4. The van der Waals surface area contributed by atoms with E-state index in [1.165, 1.54) is 17.5 Å². The zero-order valence-corrected chi connectivity index (χ0v) is 67.3. The summed E-state index contributed by atoms with van der Waals surface area (Å²) < 4.78 is 1.72. The molecule has 1 aromatic heterocycles. The molecule has 11 nitrogen and oxygen atoms in total. The summed E-state index contributed by atoms with van der Waals surface area (Å²) in [5.74, 6) is 0.536. The first kappa shape index (κ1) is 138. The second-order valence-electron chi connectivity index (χ2n) is 17.1. The Hall–Kier alpha value is -2.66. The summed E-state index contributed by atoms with van der Waals surface area (Å²) in [6.07, 6.45) is 20.0. The van der Waals surface area contributed by atoms with Gasteiger partial charge in [0.25, 0.3) is 0 Å². The predicted molar refractivity (Wildman–Crippen MR) is 395 cm³/mol. The van der Waals surface area contributed by atoms with E-state index >= 15 is 0 Å². The molecule has 93 heavy (non-hydrogen) atoms. The molecule has 15 heteroatoms. The maximum Gasteiger partial charge on any atom is 0.118 e. The fourth-order valence-corrected chi connectivity index (χ4v) is 5.36. The molecule has 0 saturated carbocycles. The summed E-state index contributed by atoms with van der Waals surface area (Å²) in [6, 6.07) is 34.8. The van der Waals surface area contributed by atoms with E-state index < -0.39 is 0 Å². The van der Waals surface area contributed by atoms with Crippen molar-refractivity contribution in [3.05, 3.63) is 201 Å². The maximum atomic E-state index is 11.3. The summed E-state index contributed by atoms with van der Waals surface area (Å²) in [6.45, 7) is 48.9. The Labute approximate surface area is 676 Å². The van der Waals surface area contributed by atoms with E-state index in [0.717, 1.165) is 36.1 Å².